The van der Waals surface area contributed by atoms with Crippen LogP contribution in [0.3, 0.4) is 0 Å². The summed E-state index contributed by atoms with van der Waals surface area (Å²) < 4.78 is 18.8. The zero-order chi connectivity index (χ0) is 28.1. The second-order valence-corrected chi connectivity index (χ2v) is 14.7. The Kier molecular flexibility index (Phi) is 6.34. The lowest BCUT2D eigenvalue weighted by molar-refractivity contribution is -0.303. The predicted octanol–water partition coefficient (Wildman–Crippen LogP) is 5.27. The van der Waals surface area contributed by atoms with Crippen molar-refractivity contribution in [3.63, 3.8) is 0 Å². The maximum atomic E-state index is 14.8. The number of hydrogen-bond donors (Lipinski definition) is 1. The van der Waals surface area contributed by atoms with Crippen LogP contribution in [0.4, 0.5) is 4.79 Å². The third kappa shape index (κ3) is 3.86. The molecule has 7 nitrogen and oxygen atoms in total. The van der Waals surface area contributed by atoms with E-state index < -0.39 is 41.0 Å². The van der Waals surface area contributed by atoms with Crippen molar-refractivity contribution >= 4 is 11.9 Å². The molecule has 1 N–H and O–H groups in total. The molecule has 5 aliphatic rings. The first-order chi connectivity index (χ1) is 17.5. The number of aliphatic hydroxyl groups is 1. The Morgan fingerprint density at radius 2 is 1.82 bits per heavy atom. The molecule has 5 rings (SSSR count). The van der Waals surface area contributed by atoms with Crippen LogP contribution >= 0.6 is 0 Å². The molecule has 3 aliphatic carbocycles. The average Bonchev–Trinajstić information content (AvgIpc) is 2.97. The molecule has 1 amide bonds. The summed E-state index contributed by atoms with van der Waals surface area (Å²) in [5.74, 6) is -1.36. The van der Waals surface area contributed by atoms with E-state index in [0.29, 0.717) is 18.7 Å². The maximum absolute atomic E-state index is 14.8. The number of allylic oxidation sites excluding steroid dienone is 1. The molecular weight excluding hydrogens is 482 g/mol. The first kappa shape index (κ1) is 27.9. The summed E-state index contributed by atoms with van der Waals surface area (Å²) in [6, 6.07) is 0. The summed E-state index contributed by atoms with van der Waals surface area (Å²) in [6.45, 7) is 19.9. The summed E-state index contributed by atoms with van der Waals surface area (Å²) in [5.41, 5.74) is -1.92. The minimum absolute atomic E-state index is 0.00271. The molecular formula is C31H47NO6. The molecule has 1 spiro atoms. The Hall–Kier alpha value is -1.70. The van der Waals surface area contributed by atoms with Crippen LogP contribution in [0.2, 0.25) is 0 Å². The second-order valence-electron chi connectivity index (χ2n) is 14.7. The van der Waals surface area contributed by atoms with E-state index in [-0.39, 0.29) is 35.1 Å². The van der Waals surface area contributed by atoms with Crippen molar-refractivity contribution < 1.29 is 28.9 Å². The number of fused-ring (bicyclic) bond motifs is 3. The number of Topliss-reactive ketones (excluding diaryl/α,β-unsaturated/α-hetero) is 1. The van der Waals surface area contributed by atoms with Crippen LogP contribution in [0.5, 0.6) is 0 Å². The normalized spacial score (nSPS) is 43.2. The van der Waals surface area contributed by atoms with Crippen LogP contribution in [-0.2, 0) is 19.0 Å². The summed E-state index contributed by atoms with van der Waals surface area (Å²) in [7, 11) is 0. The fourth-order valence-electron chi connectivity index (χ4n) is 8.11. The molecule has 7 atom stereocenters. The van der Waals surface area contributed by atoms with E-state index in [0.717, 1.165) is 24.8 Å². The highest BCUT2D eigenvalue weighted by Crippen LogP contribution is 2.64. The number of carbonyl (C=O) groups excluding carboxylic acids is 2. The van der Waals surface area contributed by atoms with Crippen molar-refractivity contribution in [2.75, 3.05) is 19.7 Å². The van der Waals surface area contributed by atoms with Gasteiger partial charge in [-0.05, 0) is 73.8 Å². The molecule has 38 heavy (non-hydrogen) atoms. The van der Waals surface area contributed by atoms with Crippen LogP contribution in [0.15, 0.2) is 23.3 Å². The van der Waals surface area contributed by atoms with E-state index in [4.69, 9.17) is 14.2 Å². The van der Waals surface area contributed by atoms with Gasteiger partial charge in [-0.15, -0.1) is 0 Å². The second kappa shape index (κ2) is 8.65. The average molecular weight is 530 g/mol. The number of nitrogens with zero attached hydrogens (tertiary/aromatic N) is 1. The Bertz CT molecular complexity index is 1090. The van der Waals surface area contributed by atoms with E-state index in [1.54, 1.807) is 4.90 Å². The molecule has 212 valence electrons. The lowest BCUT2D eigenvalue weighted by Gasteiger charge is -2.52. The number of piperidine rings is 1. The predicted molar refractivity (Wildman–Crippen MR) is 144 cm³/mol. The Labute approximate surface area is 227 Å². The summed E-state index contributed by atoms with van der Waals surface area (Å²) in [4.78, 5) is 30.2. The highest BCUT2D eigenvalue weighted by molar-refractivity contribution is 5.95. The number of carbonyl (C=O) groups is 2. The zero-order valence-corrected chi connectivity index (χ0v) is 24.7. The smallest absolute Gasteiger partial charge is 0.410 e. The highest BCUT2D eigenvalue weighted by Gasteiger charge is 2.74. The molecule has 1 saturated carbocycles. The molecule has 2 heterocycles. The fourth-order valence-corrected chi connectivity index (χ4v) is 8.11. The molecule has 2 unspecified atom stereocenters. The molecule has 3 fully saturated rings. The Morgan fingerprint density at radius 3 is 2.47 bits per heavy atom. The number of ketones is 1. The van der Waals surface area contributed by atoms with Gasteiger partial charge < -0.3 is 24.2 Å². The van der Waals surface area contributed by atoms with Crippen molar-refractivity contribution in [2.45, 2.75) is 105 Å². The Balaban J connectivity index is 1.65. The van der Waals surface area contributed by atoms with Crippen LogP contribution in [0.1, 0.15) is 81.6 Å². The van der Waals surface area contributed by atoms with E-state index in [9.17, 15) is 14.7 Å². The molecule has 2 aliphatic heterocycles. The van der Waals surface area contributed by atoms with Gasteiger partial charge in [-0.25, -0.2) is 4.79 Å². The van der Waals surface area contributed by atoms with Crippen LogP contribution in [-0.4, -0.2) is 65.2 Å². The van der Waals surface area contributed by atoms with Crippen molar-refractivity contribution in [1.29, 1.82) is 0 Å². The van der Waals surface area contributed by atoms with E-state index in [1.165, 1.54) is 0 Å². The summed E-state index contributed by atoms with van der Waals surface area (Å²) in [6.07, 6.45) is 4.35. The van der Waals surface area contributed by atoms with Gasteiger partial charge in [0.05, 0.1) is 12.0 Å². The van der Waals surface area contributed by atoms with Gasteiger partial charge in [0.15, 0.2) is 23.3 Å². The van der Waals surface area contributed by atoms with Crippen LogP contribution in [0, 0.1) is 34.0 Å². The van der Waals surface area contributed by atoms with Gasteiger partial charge in [-0.2, -0.15) is 0 Å². The van der Waals surface area contributed by atoms with Gasteiger partial charge in [0.25, 0.3) is 0 Å². The van der Waals surface area contributed by atoms with E-state index in [1.807, 2.05) is 32.9 Å². The molecule has 0 radical (unpaired) electrons. The lowest BCUT2D eigenvalue weighted by atomic mass is 9.59. The van der Waals surface area contributed by atoms with Gasteiger partial charge in [0, 0.05) is 19.0 Å². The fraction of sp³-hybridized carbons (Fsp3) is 0.806. The number of likely N-dealkylation sites (tertiary alicyclic amines) is 1. The Morgan fingerprint density at radius 1 is 1.13 bits per heavy atom. The maximum Gasteiger partial charge on any atom is 0.410 e. The topological polar surface area (TPSA) is 85.3 Å². The van der Waals surface area contributed by atoms with Crippen LogP contribution in [0.25, 0.3) is 0 Å². The van der Waals surface area contributed by atoms with Gasteiger partial charge in [0.1, 0.15) is 6.10 Å². The number of ether oxygens (including phenoxy) is 3. The number of hydrogen-bond acceptors (Lipinski definition) is 6. The van der Waals surface area contributed by atoms with Crippen molar-refractivity contribution in [3.05, 3.63) is 23.3 Å². The van der Waals surface area contributed by atoms with Gasteiger partial charge in [-0.3, -0.25) is 4.79 Å². The van der Waals surface area contributed by atoms with Crippen LogP contribution < -0.4 is 0 Å². The molecule has 0 aromatic rings. The first-order valence-electron chi connectivity index (χ1n) is 14.4. The quantitative estimate of drug-likeness (QED) is 0.466. The van der Waals surface area contributed by atoms with Gasteiger partial charge in [-0.1, -0.05) is 53.7 Å². The van der Waals surface area contributed by atoms with Gasteiger partial charge in [0.2, 0.25) is 0 Å². The van der Waals surface area contributed by atoms with Crippen molar-refractivity contribution in [1.82, 2.24) is 4.90 Å². The molecule has 2 bridgehead atoms. The van der Waals surface area contributed by atoms with Gasteiger partial charge >= 0.3 is 6.09 Å². The largest absolute Gasteiger partial charge is 0.438 e. The molecule has 0 aromatic heterocycles. The minimum atomic E-state index is -1.80. The van der Waals surface area contributed by atoms with Crippen molar-refractivity contribution in [3.8, 4) is 0 Å². The molecule has 7 heteroatoms. The molecule has 0 aromatic carbocycles. The van der Waals surface area contributed by atoms with E-state index >= 15 is 0 Å². The van der Waals surface area contributed by atoms with E-state index in [2.05, 4.69) is 41.5 Å². The summed E-state index contributed by atoms with van der Waals surface area (Å²) >= 11 is 0. The van der Waals surface area contributed by atoms with Crippen molar-refractivity contribution in [2.24, 2.45) is 34.0 Å². The standard InChI is InChI=1S/C31H47NO6/c1-18-15-30-20(3)13-19(2)28(6,7)22(23(30)33)14-21-16-36-29(8,9)38-25(21)31(30,35)24(18)37-26(34)32-12-10-11-27(4,5)17-32/h14-15,19-20,22,24-25,35H,10-13,16-17H2,1-9H3/t19-,20?,22+,24-,25+,30?,31+/m0/s1. The SMILES string of the molecule is CC1=CC23C(=O)[C@@H](C=C4COC(C)(C)O[C@H]4[C@]2(O)[C@H]1OC(=O)N1CCCC(C)(C)C1)C(C)(C)[C@@H](C)CC3C. The third-order valence-corrected chi connectivity index (χ3v) is 10.7. The third-order valence-electron chi connectivity index (χ3n) is 10.7. The first-order valence-corrected chi connectivity index (χ1v) is 14.4. The monoisotopic (exact) mass is 529 g/mol. The molecule has 2 saturated heterocycles. The summed E-state index contributed by atoms with van der Waals surface area (Å²) in [5, 5.41) is 13.1. The highest BCUT2D eigenvalue weighted by atomic mass is 16.7. The number of amides is 1. The lowest BCUT2D eigenvalue weighted by Crippen LogP contribution is -2.68. The number of rotatable bonds is 1. The minimum Gasteiger partial charge on any atom is -0.438 e. The zero-order valence-electron chi connectivity index (χ0n) is 24.7.